The van der Waals surface area contributed by atoms with Gasteiger partial charge in [0.1, 0.15) is 0 Å². The summed E-state index contributed by atoms with van der Waals surface area (Å²) >= 11 is 8.42. The number of nitrogens with one attached hydrogen (secondary N) is 1. The third kappa shape index (κ3) is 3.11. The summed E-state index contributed by atoms with van der Waals surface area (Å²) in [5, 5.41) is 3.65. The molecule has 1 aliphatic carbocycles. The van der Waals surface area contributed by atoms with E-state index in [2.05, 4.69) is 52.2 Å². The molecule has 0 unspecified atom stereocenters. The van der Waals surface area contributed by atoms with Crippen molar-refractivity contribution < 1.29 is 0 Å². The van der Waals surface area contributed by atoms with Crippen LogP contribution in [0, 0.1) is 3.57 Å². The van der Waals surface area contributed by atoms with Crippen LogP contribution >= 0.6 is 34.2 Å². The number of alkyl halides is 1. The predicted molar refractivity (Wildman–Crippen MR) is 77.9 cm³/mol. The van der Waals surface area contributed by atoms with E-state index >= 15 is 0 Å². The molecule has 2 rings (SSSR count). The van der Waals surface area contributed by atoms with Crippen LogP contribution in [0.1, 0.15) is 31.2 Å². The lowest BCUT2D eigenvalue weighted by atomic mass is 10.00. The number of rotatable bonds is 4. The first-order chi connectivity index (χ1) is 7.74. The Labute approximate surface area is 116 Å². The van der Waals surface area contributed by atoms with Crippen LogP contribution in [0.15, 0.2) is 24.3 Å². The monoisotopic (exact) mass is 349 g/mol. The summed E-state index contributed by atoms with van der Waals surface area (Å²) < 4.78 is 1.29. The molecular formula is C13H17ClIN. The maximum atomic E-state index is 6.09. The Morgan fingerprint density at radius 2 is 1.81 bits per heavy atom. The van der Waals surface area contributed by atoms with Crippen LogP contribution in [0.5, 0.6) is 0 Å². The second kappa shape index (κ2) is 5.69. The van der Waals surface area contributed by atoms with E-state index in [0.29, 0.717) is 0 Å². The van der Waals surface area contributed by atoms with Gasteiger partial charge in [-0.1, -0.05) is 25.0 Å². The van der Waals surface area contributed by atoms with E-state index in [1.54, 1.807) is 0 Å². The minimum Gasteiger partial charge on any atom is -0.306 e. The summed E-state index contributed by atoms with van der Waals surface area (Å²) in [5.41, 5.74) is 1.54. The van der Waals surface area contributed by atoms with Crippen LogP contribution in [0.25, 0.3) is 0 Å². The molecule has 0 spiro atoms. The Kier molecular flexibility index (Phi) is 4.50. The van der Waals surface area contributed by atoms with Gasteiger partial charge in [0, 0.05) is 21.5 Å². The van der Waals surface area contributed by atoms with Crippen molar-refractivity contribution in [3.05, 3.63) is 33.4 Å². The summed E-state index contributed by atoms with van der Waals surface area (Å²) in [7, 11) is 0. The lowest BCUT2D eigenvalue weighted by Gasteiger charge is -2.28. The van der Waals surface area contributed by atoms with E-state index in [1.165, 1.54) is 34.8 Å². The average molecular weight is 350 g/mol. The smallest absolute Gasteiger partial charge is 0.0406 e. The third-order valence-electron chi connectivity index (χ3n) is 3.40. The van der Waals surface area contributed by atoms with Gasteiger partial charge in [0.25, 0.3) is 0 Å². The second-order valence-electron chi connectivity index (χ2n) is 4.60. The molecule has 0 bridgehead atoms. The molecule has 3 heteroatoms. The minimum absolute atomic E-state index is 0.199. The molecule has 16 heavy (non-hydrogen) atoms. The van der Waals surface area contributed by atoms with Gasteiger partial charge in [0.15, 0.2) is 0 Å². The van der Waals surface area contributed by atoms with Crippen LogP contribution in [0.4, 0.5) is 0 Å². The van der Waals surface area contributed by atoms with Gasteiger partial charge in [0.05, 0.1) is 0 Å². The molecular weight excluding hydrogens is 333 g/mol. The zero-order valence-electron chi connectivity index (χ0n) is 9.31. The van der Waals surface area contributed by atoms with E-state index < -0.39 is 0 Å². The van der Waals surface area contributed by atoms with E-state index in [9.17, 15) is 0 Å². The topological polar surface area (TPSA) is 12.0 Å². The number of hydrogen-bond acceptors (Lipinski definition) is 1. The molecule has 0 aliphatic heterocycles. The van der Waals surface area contributed by atoms with Crippen molar-refractivity contribution in [1.29, 1.82) is 0 Å². The summed E-state index contributed by atoms with van der Waals surface area (Å²) in [6.45, 7) is 0.934. The van der Waals surface area contributed by atoms with Crippen LogP contribution in [0.3, 0.4) is 0 Å². The molecule has 1 aromatic carbocycles. The van der Waals surface area contributed by atoms with Crippen molar-refractivity contribution in [2.75, 3.05) is 5.88 Å². The number of hydrogen-bond donors (Lipinski definition) is 1. The van der Waals surface area contributed by atoms with Gasteiger partial charge in [0.2, 0.25) is 0 Å². The fourth-order valence-corrected chi connectivity index (χ4v) is 3.02. The van der Waals surface area contributed by atoms with Gasteiger partial charge in [-0.25, -0.2) is 0 Å². The first-order valence-electron chi connectivity index (χ1n) is 5.80. The lowest BCUT2D eigenvalue weighted by Crippen LogP contribution is -2.43. The molecule has 0 aromatic heterocycles. The lowest BCUT2D eigenvalue weighted by molar-refractivity contribution is 0.368. The molecule has 1 saturated carbocycles. The van der Waals surface area contributed by atoms with Crippen LogP contribution < -0.4 is 5.32 Å². The van der Waals surface area contributed by atoms with E-state index in [-0.39, 0.29) is 5.54 Å². The normalized spacial score (nSPS) is 18.9. The molecule has 0 radical (unpaired) electrons. The Morgan fingerprint density at radius 3 is 2.38 bits per heavy atom. The van der Waals surface area contributed by atoms with Crippen molar-refractivity contribution in [2.45, 2.75) is 37.8 Å². The molecule has 0 amide bonds. The van der Waals surface area contributed by atoms with Crippen molar-refractivity contribution >= 4 is 34.2 Å². The van der Waals surface area contributed by atoms with Crippen molar-refractivity contribution in [2.24, 2.45) is 0 Å². The highest BCUT2D eigenvalue weighted by Gasteiger charge is 2.31. The fraction of sp³-hybridized carbons (Fsp3) is 0.538. The largest absolute Gasteiger partial charge is 0.306 e. The van der Waals surface area contributed by atoms with Crippen molar-refractivity contribution in [1.82, 2.24) is 5.32 Å². The summed E-state index contributed by atoms with van der Waals surface area (Å²) in [6, 6.07) is 8.68. The van der Waals surface area contributed by atoms with E-state index in [1.807, 2.05) is 0 Å². The highest BCUT2D eigenvalue weighted by atomic mass is 127. The van der Waals surface area contributed by atoms with Crippen LogP contribution in [-0.4, -0.2) is 11.4 Å². The first kappa shape index (κ1) is 12.7. The molecule has 88 valence electrons. The predicted octanol–water partition coefficient (Wildman–Crippen LogP) is 3.93. The fourth-order valence-electron chi connectivity index (χ4n) is 2.30. The Hall–Kier alpha value is 0.200. The van der Waals surface area contributed by atoms with Gasteiger partial charge < -0.3 is 5.32 Å². The second-order valence-corrected chi connectivity index (χ2v) is 6.11. The highest BCUT2D eigenvalue weighted by Crippen LogP contribution is 2.31. The molecule has 1 N–H and O–H groups in total. The zero-order valence-corrected chi connectivity index (χ0v) is 12.2. The zero-order chi connectivity index (χ0) is 11.4. The Bertz CT molecular complexity index is 330. The molecule has 0 atom stereocenters. The molecule has 1 nitrogen and oxygen atoms in total. The van der Waals surface area contributed by atoms with Gasteiger partial charge in [-0.3, -0.25) is 0 Å². The molecule has 0 saturated heterocycles. The van der Waals surface area contributed by atoms with E-state index in [4.69, 9.17) is 11.6 Å². The number of halogens is 2. The molecule has 1 fully saturated rings. The van der Waals surface area contributed by atoms with Crippen LogP contribution in [0.2, 0.25) is 0 Å². The highest BCUT2D eigenvalue weighted by molar-refractivity contribution is 14.1. The molecule has 1 aliphatic rings. The van der Waals surface area contributed by atoms with Crippen molar-refractivity contribution in [3.8, 4) is 0 Å². The van der Waals surface area contributed by atoms with Crippen LogP contribution in [-0.2, 0) is 6.54 Å². The standard InChI is InChI=1S/C13H17ClIN/c14-10-13(7-1-2-8-13)16-9-11-3-5-12(15)6-4-11/h3-6,16H,1-2,7-10H2. The van der Waals surface area contributed by atoms with Gasteiger partial charge in [-0.2, -0.15) is 0 Å². The van der Waals surface area contributed by atoms with Gasteiger partial charge in [-0.15, -0.1) is 11.6 Å². The quantitative estimate of drug-likeness (QED) is 0.641. The molecule has 1 aromatic rings. The minimum atomic E-state index is 0.199. The van der Waals surface area contributed by atoms with Gasteiger partial charge >= 0.3 is 0 Å². The SMILES string of the molecule is ClCC1(NCc2ccc(I)cc2)CCCC1. The number of benzene rings is 1. The Balaban J connectivity index is 1.93. The van der Waals surface area contributed by atoms with Gasteiger partial charge in [-0.05, 0) is 53.1 Å². The third-order valence-corrected chi connectivity index (χ3v) is 4.63. The van der Waals surface area contributed by atoms with Crippen molar-refractivity contribution in [3.63, 3.8) is 0 Å². The summed E-state index contributed by atoms with van der Waals surface area (Å²) in [5.74, 6) is 0.734. The average Bonchev–Trinajstić information content (AvgIpc) is 2.78. The first-order valence-corrected chi connectivity index (χ1v) is 7.41. The van der Waals surface area contributed by atoms with E-state index in [0.717, 1.165) is 12.4 Å². The Morgan fingerprint density at radius 1 is 1.19 bits per heavy atom. The summed E-state index contributed by atoms with van der Waals surface area (Å²) in [4.78, 5) is 0. The molecule has 0 heterocycles. The maximum absolute atomic E-state index is 6.09. The maximum Gasteiger partial charge on any atom is 0.0406 e. The summed E-state index contributed by atoms with van der Waals surface area (Å²) in [6.07, 6.45) is 5.07.